The molecule has 0 N–H and O–H groups in total. The summed E-state index contributed by atoms with van der Waals surface area (Å²) in [5.41, 5.74) is 17.1. The Hall–Kier alpha value is -3.97. The lowest BCUT2D eigenvalue weighted by Crippen LogP contribution is -2.91. The topological polar surface area (TPSA) is 18.5 Å². The maximum atomic E-state index is 8.09. The van der Waals surface area contributed by atoms with Gasteiger partial charge in [-0.1, -0.05) is 123 Å². The van der Waals surface area contributed by atoms with Gasteiger partial charge in [0.1, 0.15) is 0 Å². The normalized spacial score (nSPS) is 18.0. The lowest BCUT2D eigenvalue weighted by molar-refractivity contribution is 0.135. The van der Waals surface area contributed by atoms with Gasteiger partial charge in [-0.15, -0.1) is 0 Å². The largest absolute Gasteiger partial charge is 0.543 e. The fourth-order valence-electron chi connectivity index (χ4n) is 10.7. The third-order valence-electron chi connectivity index (χ3n) is 11.5. The lowest BCUT2D eigenvalue weighted by atomic mass is 10.1. The van der Waals surface area contributed by atoms with Gasteiger partial charge < -0.3 is 9.16 Å². The van der Waals surface area contributed by atoms with Crippen molar-refractivity contribution in [3.05, 3.63) is 164 Å². The summed E-state index contributed by atoms with van der Waals surface area (Å²) in [6.45, 7) is 27.8. The molecule has 2 nitrogen and oxygen atoms in total. The van der Waals surface area contributed by atoms with Crippen LogP contribution in [-0.2, 0) is 9.16 Å². The average Bonchev–Trinajstić information content (AvgIpc) is 3.15. The Morgan fingerprint density at radius 1 is 0.471 bits per heavy atom. The molecule has 1 heterocycles. The van der Waals surface area contributed by atoms with E-state index in [-0.39, 0.29) is 11.6 Å². The second kappa shape index (κ2) is 13.9. The predicted molar refractivity (Wildman–Crippen MR) is 223 cm³/mol. The molecule has 0 saturated heterocycles. The molecule has 5 aromatic carbocycles. The van der Waals surface area contributed by atoms with E-state index in [4.69, 9.17) is 9.16 Å². The van der Waals surface area contributed by atoms with Crippen LogP contribution in [0.1, 0.15) is 77.9 Å². The van der Waals surface area contributed by atoms with Gasteiger partial charge in [0, 0.05) is 12.7 Å². The molecule has 0 spiro atoms. The lowest BCUT2D eigenvalue weighted by Gasteiger charge is -2.54. The van der Waals surface area contributed by atoms with Crippen LogP contribution in [0.3, 0.4) is 0 Å². The molecule has 0 amide bonds. The van der Waals surface area contributed by atoms with E-state index in [0.29, 0.717) is 0 Å². The summed E-state index contributed by atoms with van der Waals surface area (Å²) in [6, 6.07) is 30.6. The highest BCUT2D eigenvalue weighted by atomic mass is 29.3. The van der Waals surface area contributed by atoms with E-state index in [1.807, 2.05) is 7.11 Å². The predicted octanol–water partition coefficient (Wildman–Crippen LogP) is 8.67. The number of rotatable bonds is 6. The second-order valence-corrected chi connectivity index (χ2v) is 25.9. The number of aryl methyl sites for hydroxylation is 12. The summed E-state index contributed by atoms with van der Waals surface area (Å²) < 4.78 is 14.9. The zero-order valence-corrected chi connectivity index (χ0v) is 35.1. The van der Waals surface area contributed by atoms with Crippen molar-refractivity contribution < 1.29 is 9.16 Å². The van der Waals surface area contributed by atoms with Crippen LogP contribution in [0.15, 0.2) is 91.2 Å². The molecule has 2 atom stereocenters. The Kier molecular flexibility index (Phi) is 10.0. The Bertz CT molecular complexity index is 1950. The maximum absolute atomic E-state index is 8.09. The molecule has 51 heavy (non-hydrogen) atoms. The van der Waals surface area contributed by atoms with Gasteiger partial charge in [0.2, 0.25) is 0 Å². The van der Waals surface area contributed by atoms with Gasteiger partial charge in [0.25, 0.3) is 0 Å². The minimum atomic E-state index is -3.46. The Labute approximate surface area is 309 Å². The highest BCUT2D eigenvalue weighted by molar-refractivity contribution is 7.58. The highest BCUT2D eigenvalue weighted by Crippen LogP contribution is 2.44. The quantitative estimate of drug-likeness (QED) is 0.165. The monoisotopic (exact) mass is 708 g/mol. The molecule has 0 bridgehead atoms. The highest BCUT2D eigenvalue weighted by Gasteiger charge is 2.71. The Balaban J connectivity index is 2.09. The first-order valence-corrected chi connectivity index (χ1v) is 23.4. The second-order valence-electron chi connectivity index (χ2n) is 15.6. The summed E-state index contributed by atoms with van der Waals surface area (Å²) >= 11 is 0. The SMILES string of the molecule is COC1C=CO[Si](c2c(C)cc(C)cc2C)(c2c(C)cc(C)cc2C)[Si](c2c(C)cc(C)cc2C)(c2c(C)cc(C)cc2C)C1c1ccccc1. The first kappa shape index (κ1) is 36.8. The third-order valence-corrected chi connectivity index (χ3v) is 28.4. The van der Waals surface area contributed by atoms with Crippen molar-refractivity contribution in [2.45, 2.75) is 94.7 Å². The van der Waals surface area contributed by atoms with E-state index in [2.05, 4.69) is 174 Å². The van der Waals surface area contributed by atoms with Gasteiger partial charge in [0.05, 0.1) is 12.4 Å². The number of methoxy groups -OCH3 is 1. The van der Waals surface area contributed by atoms with Crippen molar-refractivity contribution in [2.75, 3.05) is 7.11 Å². The van der Waals surface area contributed by atoms with E-state index < -0.39 is 15.4 Å². The van der Waals surface area contributed by atoms with E-state index >= 15 is 0 Å². The van der Waals surface area contributed by atoms with Crippen LogP contribution in [0.25, 0.3) is 0 Å². The summed E-state index contributed by atoms with van der Waals surface area (Å²) in [7, 11) is -4.92. The Morgan fingerprint density at radius 3 is 1.14 bits per heavy atom. The molecular formula is C47H56O2Si2. The minimum absolute atomic E-state index is 0.00506. The Morgan fingerprint density at radius 2 is 0.804 bits per heavy atom. The standard InChI is InChI=1S/C47H56O2Si2/c1-29-21-33(5)43(34(6)22-29)50(44-35(7)23-30(2)24-36(44)8)47(41-17-15-14-16-18-41)42(48-13)19-20-49-51(50,45-37(9)25-31(3)26-38(45)10)46-39(11)27-32(4)28-40(46)12/h14-28,42,47H,1-13H3. The fourth-order valence-corrected chi connectivity index (χ4v) is 33.5. The molecule has 0 aromatic heterocycles. The molecule has 264 valence electrons. The van der Waals surface area contributed by atoms with Gasteiger partial charge in [-0.25, -0.2) is 0 Å². The molecule has 1 aliphatic rings. The molecule has 1 aliphatic heterocycles. The van der Waals surface area contributed by atoms with Crippen molar-refractivity contribution in [1.82, 2.24) is 0 Å². The van der Waals surface area contributed by atoms with Crippen LogP contribution in [0.4, 0.5) is 0 Å². The van der Waals surface area contributed by atoms with Gasteiger partial charge in [-0.05, 0) is 138 Å². The molecule has 0 saturated carbocycles. The van der Waals surface area contributed by atoms with Crippen LogP contribution in [0, 0.1) is 83.1 Å². The zero-order valence-electron chi connectivity index (χ0n) is 33.1. The van der Waals surface area contributed by atoms with Gasteiger partial charge in [-0.3, -0.25) is 0 Å². The van der Waals surface area contributed by atoms with Crippen molar-refractivity contribution >= 4 is 36.2 Å². The van der Waals surface area contributed by atoms with Crippen molar-refractivity contribution in [3.63, 3.8) is 0 Å². The van der Waals surface area contributed by atoms with Crippen LogP contribution >= 0.6 is 0 Å². The van der Waals surface area contributed by atoms with Gasteiger partial charge >= 0.3 is 7.83 Å². The van der Waals surface area contributed by atoms with Crippen molar-refractivity contribution in [1.29, 1.82) is 0 Å². The van der Waals surface area contributed by atoms with E-state index in [0.717, 1.165) is 0 Å². The molecule has 0 aliphatic carbocycles. The van der Waals surface area contributed by atoms with E-state index in [9.17, 15) is 0 Å². The summed E-state index contributed by atoms with van der Waals surface area (Å²) in [6.07, 6.45) is 4.09. The number of benzene rings is 5. The van der Waals surface area contributed by atoms with Crippen LogP contribution in [0.2, 0.25) is 0 Å². The number of ether oxygens (including phenoxy) is 1. The van der Waals surface area contributed by atoms with E-state index in [1.54, 1.807) is 0 Å². The van der Waals surface area contributed by atoms with Crippen molar-refractivity contribution in [2.24, 2.45) is 0 Å². The number of hydrogen-bond acceptors (Lipinski definition) is 2. The summed E-state index contributed by atoms with van der Waals surface area (Å²) in [5.74, 6) is 0. The summed E-state index contributed by atoms with van der Waals surface area (Å²) in [5, 5.41) is 5.81. The molecule has 5 aromatic rings. The van der Waals surface area contributed by atoms with E-state index in [1.165, 1.54) is 93.1 Å². The number of hydrogen-bond donors (Lipinski definition) is 0. The molecule has 4 heteroatoms. The summed E-state index contributed by atoms with van der Waals surface area (Å²) in [4.78, 5) is 0. The molecule has 6 rings (SSSR count). The molecule has 2 unspecified atom stereocenters. The molecule has 0 radical (unpaired) electrons. The first-order chi connectivity index (χ1) is 24.2. The van der Waals surface area contributed by atoms with Crippen LogP contribution < -0.4 is 20.7 Å². The van der Waals surface area contributed by atoms with Crippen LogP contribution in [-0.4, -0.2) is 28.6 Å². The zero-order chi connectivity index (χ0) is 37.0. The minimum Gasteiger partial charge on any atom is -0.543 e. The van der Waals surface area contributed by atoms with Crippen LogP contribution in [0.5, 0.6) is 0 Å². The molecular weight excluding hydrogens is 653 g/mol. The van der Waals surface area contributed by atoms with Gasteiger partial charge in [0.15, 0.2) is 7.59 Å². The average molecular weight is 709 g/mol. The fraction of sp³-hybridized carbons (Fsp3) is 0.319. The smallest absolute Gasteiger partial charge is 0.307 e. The molecule has 0 fully saturated rings. The first-order valence-electron chi connectivity index (χ1n) is 18.4. The van der Waals surface area contributed by atoms with Crippen molar-refractivity contribution in [3.8, 4) is 0 Å². The maximum Gasteiger partial charge on any atom is 0.307 e. The van der Waals surface area contributed by atoms with Gasteiger partial charge in [-0.2, -0.15) is 0 Å². The third kappa shape index (κ3) is 5.80.